The van der Waals surface area contributed by atoms with Crippen LogP contribution < -0.4 is 10.2 Å². The summed E-state index contributed by atoms with van der Waals surface area (Å²) in [6.07, 6.45) is 3.35. The number of hydrogen-bond acceptors (Lipinski definition) is 5. The number of anilines is 1. The van der Waals surface area contributed by atoms with Gasteiger partial charge in [-0.25, -0.2) is 4.98 Å². The van der Waals surface area contributed by atoms with E-state index >= 15 is 0 Å². The molecule has 1 fully saturated rings. The Morgan fingerprint density at radius 1 is 1.30 bits per heavy atom. The number of aromatic nitrogens is 1. The lowest BCUT2D eigenvalue weighted by Crippen LogP contribution is -2.37. The van der Waals surface area contributed by atoms with Crippen LogP contribution in [0.1, 0.15) is 37.3 Å². The van der Waals surface area contributed by atoms with Crippen LogP contribution in [-0.4, -0.2) is 40.3 Å². The van der Waals surface area contributed by atoms with Crippen molar-refractivity contribution in [2.24, 2.45) is 0 Å². The van der Waals surface area contributed by atoms with Gasteiger partial charge in [-0.1, -0.05) is 20.3 Å². The molecule has 0 bridgehead atoms. The first-order chi connectivity index (χ1) is 9.74. The fourth-order valence-corrected chi connectivity index (χ4v) is 4.46. The van der Waals surface area contributed by atoms with Crippen LogP contribution >= 0.6 is 11.3 Å². The zero-order valence-corrected chi connectivity index (χ0v) is 14.1. The summed E-state index contributed by atoms with van der Waals surface area (Å²) in [6, 6.07) is 0. The van der Waals surface area contributed by atoms with Gasteiger partial charge in [0, 0.05) is 46.8 Å². The molecule has 0 atom stereocenters. The summed E-state index contributed by atoms with van der Waals surface area (Å²) in [5.41, 5.74) is 1.25. The third-order valence-corrected chi connectivity index (χ3v) is 5.85. The van der Waals surface area contributed by atoms with Crippen LogP contribution in [-0.2, 0) is 23.8 Å². The predicted molar refractivity (Wildman–Crippen MR) is 88.2 cm³/mol. The van der Waals surface area contributed by atoms with E-state index in [1.165, 1.54) is 10.6 Å². The van der Waals surface area contributed by atoms with Crippen LogP contribution in [0, 0.1) is 0 Å². The number of hydrogen-bond donors (Lipinski definition) is 1. The number of nitrogens with one attached hydrogen (secondary N) is 1. The van der Waals surface area contributed by atoms with E-state index < -0.39 is 10.8 Å². The Balaban J connectivity index is 2.05. The Kier molecular flexibility index (Phi) is 6.45. The monoisotopic (exact) mass is 315 g/mol. The number of rotatable bonds is 7. The van der Waals surface area contributed by atoms with Gasteiger partial charge in [0.25, 0.3) is 0 Å². The smallest absolute Gasteiger partial charge is 0.185 e. The standard InChI is InChI=1S/C14H25N3OS2/c1-3-5-12-13(11-15-6-4-2)19-14(16-12)17-7-9-20(18)10-8-17/h15H,3-11H2,1-2H3. The predicted octanol–water partition coefficient (Wildman–Crippen LogP) is 2.16. The third-order valence-electron chi connectivity index (χ3n) is 3.41. The van der Waals surface area contributed by atoms with Gasteiger partial charge in [0.05, 0.1) is 5.69 Å². The van der Waals surface area contributed by atoms with Crippen molar-refractivity contribution in [1.29, 1.82) is 0 Å². The largest absolute Gasteiger partial charge is 0.346 e. The highest BCUT2D eigenvalue weighted by molar-refractivity contribution is 7.85. The normalized spacial score (nSPS) is 16.8. The highest BCUT2D eigenvalue weighted by Crippen LogP contribution is 2.28. The number of aryl methyl sites for hydroxylation is 1. The molecule has 2 rings (SSSR count). The molecular formula is C14H25N3OS2. The average molecular weight is 316 g/mol. The molecular weight excluding hydrogens is 290 g/mol. The molecule has 0 saturated carbocycles. The van der Waals surface area contributed by atoms with Crippen LogP contribution in [0.2, 0.25) is 0 Å². The summed E-state index contributed by atoms with van der Waals surface area (Å²) < 4.78 is 11.4. The van der Waals surface area contributed by atoms with Crippen LogP contribution in [0.15, 0.2) is 0 Å². The van der Waals surface area contributed by atoms with Crippen molar-refractivity contribution in [2.45, 2.75) is 39.7 Å². The van der Waals surface area contributed by atoms with Gasteiger partial charge in [-0.05, 0) is 19.4 Å². The zero-order valence-electron chi connectivity index (χ0n) is 12.5. The summed E-state index contributed by atoms with van der Waals surface area (Å²) in [5, 5.41) is 4.60. The Morgan fingerprint density at radius 2 is 2.05 bits per heavy atom. The quantitative estimate of drug-likeness (QED) is 0.783. The second kappa shape index (κ2) is 8.10. The maximum atomic E-state index is 11.4. The van der Waals surface area contributed by atoms with Crippen molar-refractivity contribution >= 4 is 27.3 Å². The first kappa shape index (κ1) is 15.9. The van der Waals surface area contributed by atoms with Gasteiger partial charge in [-0.15, -0.1) is 11.3 Å². The van der Waals surface area contributed by atoms with E-state index in [0.717, 1.165) is 62.1 Å². The summed E-state index contributed by atoms with van der Waals surface area (Å²) >= 11 is 1.81. The molecule has 6 heteroatoms. The van der Waals surface area contributed by atoms with Crippen molar-refractivity contribution in [2.75, 3.05) is 36.0 Å². The second-order valence-electron chi connectivity index (χ2n) is 5.13. The number of nitrogens with zero attached hydrogens (tertiary/aromatic N) is 2. The Labute approximate surface area is 128 Å². The Bertz CT molecular complexity index is 438. The van der Waals surface area contributed by atoms with Gasteiger partial charge in [0.1, 0.15) is 0 Å². The summed E-state index contributed by atoms with van der Waals surface area (Å²) in [7, 11) is -0.620. The molecule has 114 valence electrons. The molecule has 1 aromatic heterocycles. The topological polar surface area (TPSA) is 45.2 Å². The van der Waals surface area contributed by atoms with Crippen LogP contribution in [0.3, 0.4) is 0 Å². The maximum absolute atomic E-state index is 11.4. The van der Waals surface area contributed by atoms with Gasteiger partial charge < -0.3 is 10.2 Å². The molecule has 1 aliphatic heterocycles. The molecule has 2 heterocycles. The molecule has 1 aromatic rings. The Hall–Kier alpha value is -0.460. The van der Waals surface area contributed by atoms with Crippen molar-refractivity contribution in [3.63, 3.8) is 0 Å². The molecule has 1 aliphatic rings. The van der Waals surface area contributed by atoms with Crippen molar-refractivity contribution in [1.82, 2.24) is 10.3 Å². The molecule has 0 unspecified atom stereocenters. The van der Waals surface area contributed by atoms with E-state index in [-0.39, 0.29) is 0 Å². The van der Waals surface area contributed by atoms with Crippen LogP contribution in [0.25, 0.3) is 0 Å². The highest BCUT2D eigenvalue weighted by atomic mass is 32.2. The fraction of sp³-hybridized carbons (Fsp3) is 0.786. The van der Waals surface area contributed by atoms with Crippen molar-refractivity contribution in [3.8, 4) is 0 Å². The lowest BCUT2D eigenvalue weighted by Gasteiger charge is -2.25. The minimum absolute atomic E-state index is 0.620. The van der Waals surface area contributed by atoms with E-state index in [0.29, 0.717) is 0 Å². The summed E-state index contributed by atoms with van der Waals surface area (Å²) in [4.78, 5) is 8.51. The molecule has 0 amide bonds. The lowest BCUT2D eigenvalue weighted by molar-refractivity contribution is 0.672. The van der Waals surface area contributed by atoms with Gasteiger partial charge in [0.15, 0.2) is 5.13 Å². The Morgan fingerprint density at radius 3 is 2.70 bits per heavy atom. The molecule has 0 aromatic carbocycles. The van der Waals surface area contributed by atoms with Crippen molar-refractivity contribution < 1.29 is 4.21 Å². The van der Waals surface area contributed by atoms with Crippen LogP contribution in [0.5, 0.6) is 0 Å². The molecule has 1 N–H and O–H groups in total. The molecule has 0 radical (unpaired) electrons. The van der Waals surface area contributed by atoms with E-state index in [9.17, 15) is 4.21 Å². The molecule has 20 heavy (non-hydrogen) atoms. The van der Waals surface area contributed by atoms with Gasteiger partial charge >= 0.3 is 0 Å². The van der Waals surface area contributed by atoms with Crippen LogP contribution in [0.4, 0.5) is 5.13 Å². The molecule has 0 spiro atoms. The summed E-state index contributed by atoms with van der Waals surface area (Å²) in [5.74, 6) is 1.57. The van der Waals surface area contributed by atoms with E-state index in [1.807, 2.05) is 11.3 Å². The zero-order chi connectivity index (χ0) is 14.4. The van der Waals surface area contributed by atoms with E-state index in [1.54, 1.807) is 0 Å². The fourth-order valence-electron chi connectivity index (χ4n) is 2.28. The first-order valence-corrected chi connectivity index (χ1v) is 9.84. The van der Waals surface area contributed by atoms with Gasteiger partial charge in [-0.3, -0.25) is 4.21 Å². The van der Waals surface area contributed by atoms with Gasteiger partial charge in [-0.2, -0.15) is 0 Å². The van der Waals surface area contributed by atoms with Crippen molar-refractivity contribution in [3.05, 3.63) is 10.6 Å². The molecule has 4 nitrogen and oxygen atoms in total. The molecule has 1 saturated heterocycles. The SMILES string of the molecule is CCCNCc1sc(N2CCS(=O)CC2)nc1CCC. The highest BCUT2D eigenvalue weighted by Gasteiger charge is 2.20. The third kappa shape index (κ3) is 4.27. The average Bonchev–Trinajstić information content (AvgIpc) is 2.84. The lowest BCUT2D eigenvalue weighted by atomic mass is 10.2. The van der Waals surface area contributed by atoms with E-state index in [2.05, 4.69) is 24.1 Å². The molecule has 0 aliphatic carbocycles. The maximum Gasteiger partial charge on any atom is 0.185 e. The summed E-state index contributed by atoms with van der Waals surface area (Å²) in [6.45, 7) is 8.14. The second-order valence-corrected chi connectivity index (χ2v) is 7.89. The first-order valence-electron chi connectivity index (χ1n) is 7.53. The van der Waals surface area contributed by atoms with Gasteiger partial charge in [0.2, 0.25) is 0 Å². The number of thiazole rings is 1. The minimum atomic E-state index is -0.620. The van der Waals surface area contributed by atoms with E-state index in [4.69, 9.17) is 4.98 Å². The minimum Gasteiger partial charge on any atom is -0.346 e.